The largest absolute Gasteiger partial charge is 0.481 e. The Hall–Kier alpha value is -3.72. The second kappa shape index (κ2) is 12.4. The fraction of sp³-hybridized carbons (Fsp3) is 0.500. The average Bonchev–Trinajstić information content (AvgIpc) is 3.63. The SMILES string of the molecule is C[C@H](NS(=O)(=O)c1ccc(-c2sc(-c3noc(CC(C)(C)C(=O)O)n3)nc2C(=O)N2CC(F)(F)C[C@@H]2C)c(C(F)F)c1F)C(F)(F)F. The Balaban J connectivity index is 1.88. The molecule has 1 amide bonds. The van der Waals surface area contributed by atoms with E-state index >= 15 is 4.39 Å². The van der Waals surface area contributed by atoms with Crippen LogP contribution in [-0.4, -0.2) is 76.2 Å². The number of nitrogens with zero attached hydrogens (tertiary/aromatic N) is 4. The molecule has 0 spiro atoms. The summed E-state index contributed by atoms with van der Waals surface area (Å²) in [5, 5.41) is 12.7. The number of carbonyl (C=O) groups excluding carboxylic acids is 1. The highest BCUT2D eigenvalue weighted by molar-refractivity contribution is 7.89. The summed E-state index contributed by atoms with van der Waals surface area (Å²) >= 11 is 0.398. The summed E-state index contributed by atoms with van der Waals surface area (Å²) in [6, 6.07) is -2.77. The van der Waals surface area contributed by atoms with Gasteiger partial charge < -0.3 is 14.5 Å². The van der Waals surface area contributed by atoms with Crippen LogP contribution in [0.1, 0.15) is 62.5 Å². The number of aliphatic carboxylic acids is 1. The van der Waals surface area contributed by atoms with Gasteiger partial charge in [-0.15, -0.1) is 11.3 Å². The van der Waals surface area contributed by atoms with Gasteiger partial charge in [-0.25, -0.2) is 35.4 Å². The van der Waals surface area contributed by atoms with E-state index < -0.39 is 103 Å². The van der Waals surface area contributed by atoms with Crippen molar-refractivity contribution in [1.82, 2.24) is 24.7 Å². The van der Waals surface area contributed by atoms with Crippen molar-refractivity contribution in [3.63, 3.8) is 0 Å². The molecule has 11 nitrogen and oxygen atoms in total. The zero-order valence-electron chi connectivity index (χ0n) is 24.6. The van der Waals surface area contributed by atoms with Gasteiger partial charge in [0.15, 0.2) is 10.8 Å². The molecule has 3 heterocycles. The second-order valence-electron chi connectivity index (χ2n) is 11.4. The Bertz CT molecular complexity index is 1810. The summed E-state index contributed by atoms with van der Waals surface area (Å²) in [5.41, 5.74) is -4.57. The fourth-order valence-electron chi connectivity index (χ4n) is 4.59. The summed E-state index contributed by atoms with van der Waals surface area (Å²) in [6.07, 6.45) is -9.94. The highest BCUT2D eigenvalue weighted by Crippen LogP contribution is 2.43. The van der Waals surface area contributed by atoms with Crippen LogP contribution in [0.2, 0.25) is 0 Å². The number of carbonyl (C=O) groups is 2. The first-order chi connectivity index (χ1) is 21.4. The maximum atomic E-state index is 15.6. The summed E-state index contributed by atoms with van der Waals surface area (Å²) in [5.74, 6) is -8.44. The molecule has 1 saturated heterocycles. The first-order valence-corrected chi connectivity index (χ1v) is 15.7. The number of alkyl halides is 7. The Morgan fingerprint density at radius 3 is 2.38 bits per heavy atom. The Morgan fingerprint density at radius 2 is 1.85 bits per heavy atom. The molecule has 3 aromatic rings. The van der Waals surface area contributed by atoms with Crippen LogP contribution in [0.5, 0.6) is 0 Å². The summed E-state index contributed by atoms with van der Waals surface area (Å²) < 4.78 is 143. The zero-order valence-corrected chi connectivity index (χ0v) is 26.3. The van der Waals surface area contributed by atoms with Gasteiger partial charge in [0.2, 0.25) is 21.7 Å². The van der Waals surface area contributed by atoms with E-state index in [2.05, 4.69) is 15.1 Å². The van der Waals surface area contributed by atoms with Crippen molar-refractivity contribution in [2.45, 2.75) is 76.0 Å². The average molecular weight is 720 g/mol. The van der Waals surface area contributed by atoms with Gasteiger partial charge in [0.1, 0.15) is 16.6 Å². The van der Waals surface area contributed by atoms with Crippen molar-refractivity contribution in [3.05, 3.63) is 35.1 Å². The van der Waals surface area contributed by atoms with Gasteiger partial charge in [-0.2, -0.15) is 22.9 Å². The van der Waals surface area contributed by atoms with Gasteiger partial charge in [-0.1, -0.05) is 11.2 Å². The number of sulfonamides is 1. The molecule has 47 heavy (non-hydrogen) atoms. The highest BCUT2D eigenvalue weighted by atomic mass is 32.2. The van der Waals surface area contributed by atoms with E-state index in [4.69, 9.17) is 4.52 Å². The summed E-state index contributed by atoms with van der Waals surface area (Å²) in [4.78, 5) is 31.7. The molecule has 2 aromatic heterocycles. The van der Waals surface area contributed by atoms with E-state index in [-0.39, 0.29) is 23.1 Å². The quantitative estimate of drug-likeness (QED) is 0.252. The lowest BCUT2D eigenvalue weighted by Crippen LogP contribution is -2.43. The minimum Gasteiger partial charge on any atom is -0.481 e. The van der Waals surface area contributed by atoms with Gasteiger partial charge >= 0.3 is 12.1 Å². The molecule has 2 atom stereocenters. The fourth-order valence-corrected chi connectivity index (χ4v) is 6.93. The molecule has 0 bridgehead atoms. The summed E-state index contributed by atoms with van der Waals surface area (Å²) in [6.45, 7) is 3.33. The lowest BCUT2D eigenvalue weighted by molar-refractivity contribution is -0.147. The maximum absolute atomic E-state index is 15.6. The van der Waals surface area contributed by atoms with Gasteiger partial charge in [0.25, 0.3) is 18.3 Å². The number of rotatable bonds is 10. The van der Waals surface area contributed by atoms with Gasteiger partial charge in [-0.3, -0.25) is 9.59 Å². The van der Waals surface area contributed by atoms with Crippen molar-refractivity contribution >= 4 is 33.2 Å². The number of thiazole rings is 1. The van der Waals surface area contributed by atoms with E-state index in [9.17, 15) is 53.8 Å². The van der Waals surface area contributed by atoms with Crippen LogP contribution in [0.25, 0.3) is 21.3 Å². The normalized spacial score (nSPS) is 17.8. The van der Waals surface area contributed by atoms with Gasteiger partial charge in [-0.05, 0) is 33.8 Å². The third-order valence-corrected chi connectivity index (χ3v) is 9.81. The summed E-state index contributed by atoms with van der Waals surface area (Å²) in [7, 11) is -5.37. The van der Waals surface area contributed by atoms with Crippen LogP contribution in [0.15, 0.2) is 21.6 Å². The minimum absolute atomic E-state index is 0.209. The number of carboxylic acids is 1. The number of halogens is 8. The molecule has 0 unspecified atom stereocenters. The topological polar surface area (TPSA) is 156 Å². The smallest absolute Gasteiger partial charge is 0.404 e. The third-order valence-electron chi connectivity index (χ3n) is 7.17. The molecule has 2 N–H and O–H groups in total. The van der Waals surface area contributed by atoms with Crippen molar-refractivity contribution in [1.29, 1.82) is 0 Å². The zero-order chi connectivity index (χ0) is 35.4. The van der Waals surface area contributed by atoms with Crippen molar-refractivity contribution in [2.75, 3.05) is 6.54 Å². The van der Waals surface area contributed by atoms with Crippen LogP contribution >= 0.6 is 11.3 Å². The number of benzene rings is 1. The molecule has 1 aliphatic rings. The third kappa shape index (κ3) is 7.40. The molecule has 1 aromatic carbocycles. The molecule has 4 rings (SSSR count). The number of likely N-dealkylation sites (tertiary alicyclic amines) is 1. The molecule has 258 valence electrons. The van der Waals surface area contributed by atoms with E-state index in [1.54, 1.807) is 0 Å². The first kappa shape index (κ1) is 36.1. The number of carboxylic acid groups (broad SMARTS) is 1. The Morgan fingerprint density at radius 1 is 1.21 bits per heavy atom. The van der Waals surface area contributed by atoms with Crippen LogP contribution in [-0.2, 0) is 21.2 Å². The van der Waals surface area contributed by atoms with Gasteiger partial charge in [0, 0.05) is 24.4 Å². The molecule has 21 heteroatoms. The molecular formula is C26H25F8N5O6S2. The standard InChI is InChI=1S/C26H25F8N5O6S2/c1-10-7-25(30,31)9-39(10)22(40)17-18(46-21(36-17)20-35-14(45-37-20)8-24(3,4)23(41)42)12-5-6-13(16(27)15(12)19(28)29)47(43,44)38-11(2)26(32,33)34/h5-6,10-11,19,38H,7-9H2,1-4H3,(H,41,42)/t10-,11-/m0/s1. The van der Waals surface area contributed by atoms with E-state index in [1.807, 2.05) is 0 Å². The lowest BCUT2D eigenvalue weighted by Gasteiger charge is -2.21. The Kier molecular flexibility index (Phi) is 9.52. The van der Waals surface area contributed by atoms with Crippen LogP contribution in [0.4, 0.5) is 35.1 Å². The van der Waals surface area contributed by atoms with E-state index in [1.165, 1.54) is 25.5 Å². The number of nitrogens with one attached hydrogen (secondary N) is 1. The van der Waals surface area contributed by atoms with Crippen molar-refractivity contribution in [2.24, 2.45) is 5.41 Å². The second-order valence-corrected chi connectivity index (χ2v) is 14.1. The van der Waals surface area contributed by atoms with Gasteiger partial charge in [0.05, 0.1) is 22.4 Å². The van der Waals surface area contributed by atoms with Crippen LogP contribution in [0.3, 0.4) is 0 Å². The first-order valence-electron chi connectivity index (χ1n) is 13.4. The molecular weight excluding hydrogens is 694 g/mol. The maximum Gasteiger partial charge on any atom is 0.404 e. The monoisotopic (exact) mass is 719 g/mol. The predicted octanol–water partition coefficient (Wildman–Crippen LogP) is 5.69. The number of hydrogen-bond acceptors (Lipinski definition) is 9. The van der Waals surface area contributed by atoms with Crippen molar-refractivity contribution < 1.29 is 62.8 Å². The number of aromatic nitrogens is 3. The van der Waals surface area contributed by atoms with E-state index in [0.717, 1.165) is 0 Å². The Labute approximate surface area is 265 Å². The molecule has 1 fully saturated rings. The van der Waals surface area contributed by atoms with Crippen LogP contribution < -0.4 is 4.72 Å². The van der Waals surface area contributed by atoms with Crippen LogP contribution in [0, 0.1) is 11.2 Å². The minimum atomic E-state index is -5.37. The predicted molar refractivity (Wildman–Crippen MR) is 147 cm³/mol. The highest BCUT2D eigenvalue weighted by Gasteiger charge is 2.47. The lowest BCUT2D eigenvalue weighted by atomic mass is 9.90. The van der Waals surface area contributed by atoms with Crippen molar-refractivity contribution in [3.8, 4) is 21.3 Å². The molecule has 0 radical (unpaired) electrons. The molecule has 1 aliphatic heterocycles. The molecule has 0 aliphatic carbocycles. The van der Waals surface area contributed by atoms with E-state index in [0.29, 0.717) is 35.3 Å². The number of amides is 1. The molecule has 0 saturated carbocycles. The number of hydrogen-bond donors (Lipinski definition) is 2.